The van der Waals surface area contributed by atoms with Gasteiger partial charge in [0, 0.05) is 18.1 Å². The van der Waals surface area contributed by atoms with Crippen molar-refractivity contribution in [3.05, 3.63) is 33.8 Å². The summed E-state index contributed by atoms with van der Waals surface area (Å²) in [5.74, 6) is 0. The summed E-state index contributed by atoms with van der Waals surface area (Å²) in [6.07, 6.45) is 4.57. The molecule has 0 aromatic heterocycles. The second kappa shape index (κ2) is 6.45. The highest BCUT2D eigenvalue weighted by Crippen LogP contribution is 2.34. The van der Waals surface area contributed by atoms with Crippen LogP contribution in [0.15, 0.2) is 18.2 Å². The fourth-order valence-corrected chi connectivity index (χ4v) is 3.35. The van der Waals surface area contributed by atoms with Gasteiger partial charge in [-0.15, -0.1) is 0 Å². The fraction of sp³-hybridized carbons (Fsp3) is 0.600. The van der Waals surface area contributed by atoms with Gasteiger partial charge >= 0.3 is 0 Å². The molecule has 1 aromatic carbocycles. The van der Waals surface area contributed by atoms with Crippen LogP contribution in [0.1, 0.15) is 44.2 Å². The number of hydrogen-bond donors (Lipinski definition) is 1. The molecule has 0 aliphatic heterocycles. The second-order valence-corrected chi connectivity index (χ2v) is 6.34. The Morgan fingerprint density at radius 1 is 1.21 bits per heavy atom. The highest BCUT2D eigenvalue weighted by molar-refractivity contribution is 6.42. The molecular formula is C15H22Cl2N2. The number of rotatable bonds is 3. The van der Waals surface area contributed by atoms with Crippen LogP contribution in [0, 0.1) is 0 Å². The summed E-state index contributed by atoms with van der Waals surface area (Å²) in [7, 11) is 2.17. The molecule has 1 aliphatic carbocycles. The zero-order valence-electron chi connectivity index (χ0n) is 11.6. The minimum Gasteiger partial charge on any atom is -0.328 e. The van der Waals surface area contributed by atoms with E-state index >= 15 is 0 Å². The molecule has 1 unspecified atom stereocenters. The molecule has 2 nitrogen and oxygen atoms in total. The Morgan fingerprint density at radius 3 is 2.47 bits per heavy atom. The summed E-state index contributed by atoms with van der Waals surface area (Å²) >= 11 is 12.4. The van der Waals surface area contributed by atoms with Gasteiger partial charge in [-0.3, -0.25) is 4.90 Å². The lowest BCUT2D eigenvalue weighted by atomic mass is 9.90. The van der Waals surface area contributed by atoms with Crippen molar-refractivity contribution in [2.75, 3.05) is 7.05 Å². The molecule has 0 amide bonds. The third-order valence-electron chi connectivity index (χ3n) is 4.36. The minimum absolute atomic E-state index is 0.269. The van der Waals surface area contributed by atoms with Gasteiger partial charge in [0.1, 0.15) is 0 Å². The Morgan fingerprint density at radius 2 is 1.84 bits per heavy atom. The first-order valence-corrected chi connectivity index (χ1v) is 7.67. The number of nitrogens with zero attached hydrogens (tertiary/aromatic N) is 1. The first-order valence-electron chi connectivity index (χ1n) is 6.92. The largest absolute Gasteiger partial charge is 0.328 e. The van der Waals surface area contributed by atoms with Crippen LogP contribution in [-0.2, 0) is 0 Å². The minimum atomic E-state index is 0.269. The second-order valence-electron chi connectivity index (χ2n) is 5.55. The lowest BCUT2D eigenvalue weighted by molar-refractivity contribution is 0.140. The molecule has 0 radical (unpaired) electrons. The van der Waals surface area contributed by atoms with E-state index in [9.17, 15) is 0 Å². The van der Waals surface area contributed by atoms with Crippen molar-refractivity contribution in [3.63, 3.8) is 0 Å². The zero-order chi connectivity index (χ0) is 14.0. The molecule has 2 rings (SSSR count). The van der Waals surface area contributed by atoms with Gasteiger partial charge in [0.05, 0.1) is 10.0 Å². The van der Waals surface area contributed by atoms with Gasteiger partial charge in [0.15, 0.2) is 0 Å². The zero-order valence-corrected chi connectivity index (χ0v) is 13.1. The molecule has 2 N–H and O–H groups in total. The summed E-state index contributed by atoms with van der Waals surface area (Å²) in [4.78, 5) is 2.41. The Balaban J connectivity index is 2.10. The van der Waals surface area contributed by atoms with Gasteiger partial charge in [0.25, 0.3) is 0 Å². The van der Waals surface area contributed by atoms with Crippen molar-refractivity contribution >= 4 is 23.2 Å². The van der Waals surface area contributed by atoms with E-state index in [1.165, 1.54) is 12.8 Å². The maximum Gasteiger partial charge on any atom is 0.0640 e. The molecule has 4 heteroatoms. The van der Waals surface area contributed by atoms with E-state index in [2.05, 4.69) is 24.9 Å². The summed E-state index contributed by atoms with van der Waals surface area (Å²) in [6.45, 7) is 2.19. The Labute approximate surface area is 125 Å². The Hall–Kier alpha value is -0.280. The summed E-state index contributed by atoms with van der Waals surface area (Å²) in [5.41, 5.74) is 7.07. The topological polar surface area (TPSA) is 29.3 Å². The smallest absolute Gasteiger partial charge is 0.0640 e. The van der Waals surface area contributed by atoms with Crippen molar-refractivity contribution in [2.24, 2.45) is 5.73 Å². The van der Waals surface area contributed by atoms with E-state index in [0.717, 1.165) is 18.4 Å². The molecule has 1 aliphatic rings. The van der Waals surface area contributed by atoms with Gasteiger partial charge in [-0.25, -0.2) is 0 Å². The average molecular weight is 301 g/mol. The van der Waals surface area contributed by atoms with Crippen LogP contribution in [0.4, 0.5) is 0 Å². The SMILES string of the molecule is CC(c1cccc(Cl)c1Cl)N(C)C1CCC(N)CC1. The molecule has 0 heterocycles. The van der Waals surface area contributed by atoms with Crippen LogP contribution in [0.5, 0.6) is 0 Å². The summed E-state index contributed by atoms with van der Waals surface area (Å²) < 4.78 is 0. The Bertz CT molecular complexity index is 428. The highest BCUT2D eigenvalue weighted by atomic mass is 35.5. The summed E-state index contributed by atoms with van der Waals surface area (Å²) in [6, 6.07) is 7.10. The van der Waals surface area contributed by atoms with E-state index in [1.54, 1.807) is 0 Å². The van der Waals surface area contributed by atoms with E-state index in [4.69, 9.17) is 28.9 Å². The average Bonchev–Trinajstić information content (AvgIpc) is 2.41. The number of nitrogens with two attached hydrogens (primary N) is 1. The van der Waals surface area contributed by atoms with Gasteiger partial charge in [-0.05, 0) is 51.3 Å². The van der Waals surface area contributed by atoms with Crippen molar-refractivity contribution in [2.45, 2.75) is 50.7 Å². The van der Waals surface area contributed by atoms with Crippen LogP contribution >= 0.6 is 23.2 Å². The molecule has 1 atom stereocenters. The van der Waals surface area contributed by atoms with Gasteiger partial charge in [-0.2, -0.15) is 0 Å². The predicted molar refractivity (Wildman–Crippen MR) is 82.9 cm³/mol. The van der Waals surface area contributed by atoms with E-state index in [0.29, 0.717) is 22.1 Å². The molecule has 0 saturated heterocycles. The first kappa shape index (κ1) is 15.1. The standard InChI is InChI=1S/C15H22Cl2N2/c1-10(13-4-3-5-14(16)15(13)17)19(2)12-8-6-11(18)7-9-12/h3-5,10-12H,6-9,18H2,1-2H3. The molecule has 1 saturated carbocycles. The van der Waals surface area contributed by atoms with Crippen molar-refractivity contribution in [1.82, 2.24) is 4.90 Å². The maximum atomic E-state index is 6.32. The number of halogens is 2. The molecule has 0 bridgehead atoms. The van der Waals surface area contributed by atoms with Crippen LogP contribution < -0.4 is 5.73 Å². The molecule has 1 fully saturated rings. The quantitative estimate of drug-likeness (QED) is 0.904. The van der Waals surface area contributed by atoms with Crippen molar-refractivity contribution < 1.29 is 0 Å². The third kappa shape index (κ3) is 3.43. The van der Waals surface area contributed by atoms with Crippen molar-refractivity contribution in [3.8, 4) is 0 Å². The fourth-order valence-electron chi connectivity index (χ4n) is 2.89. The third-order valence-corrected chi connectivity index (χ3v) is 5.19. The Kier molecular flexibility index (Phi) is 5.13. The van der Waals surface area contributed by atoms with E-state index in [1.807, 2.05) is 12.1 Å². The molecular weight excluding hydrogens is 279 g/mol. The monoisotopic (exact) mass is 300 g/mol. The molecule has 106 valence electrons. The van der Waals surface area contributed by atoms with Crippen LogP contribution in [0.25, 0.3) is 0 Å². The number of benzene rings is 1. The van der Waals surface area contributed by atoms with Crippen LogP contribution in [0.2, 0.25) is 10.0 Å². The van der Waals surface area contributed by atoms with Gasteiger partial charge in [-0.1, -0.05) is 35.3 Å². The molecule has 19 heavy (non-hydrogen) atoms. The summed E-state index contributed by atoms with van der Waals surface area (Å²) in [5, 5.41) is 1.31. The maximum absolute atomic E-state index is 6.32. The lowest BCUT2D eigenvalue weighted by Crippen LogP contribution is -2.39. The van der Waals surface area contributed by atoms with E-state index in [-0.39, 0.29) is 6.04 Å². The first-order chi connectivity index (χ1) is 9.00. The van der Waals surface area contributed by atoms with Crippen molar-refractivity contribution in [1.29, 1.82) is 0 Å². The highest BCUT2D eigenvalue weighted by Gasteiger charge is 2.26. The van der Waals surface area contributed by atoms with Crippen LogP contribution in [0.3, 0.4) is 0 Å². The predicted octanol–water partition coefficient (Wildman–Crippen LogP) is 4.26. The van der Waals surface area contributed by atoms with Crippen LogP contribution in [-0.4, -0.2) is 24.0 Å². The molecule has 0 spiro atoms. The van der Waals surface area contributed by atoms with E-state index < -0.39 is 0 Å². The van der Waals surface area contributed by atoms with Gasteiger partial charge < -0.3 is 5.73 Å². The molecule has 1 aromatic rings. The lowest BCUT2D eigenvalue weighted by Gasteiger charge is -2.37. The normalized spacial score (nSPS) is 25.6. The van der Waals surface area contributed by atoms with Gasteiger partial charge in [0.2, 0.25) is 0 Å². The number of hydrogen-bond acceptors (Lipinski definition) is 2.